The van der Waals surface area contributed by atoms with Gasteiger partial charge in [-0.3, -0.25) is 0 Å². The van der Waals surface area contributed by atoms with Crippen LogP contribution in [0.1, 0.15) is 27.9 Å². The van der Waals surface area contributed by atoms with Crippen molar-refractivity contribution in [1.29, 1.82) is 0 Å². The van der Waals surface area contributed by atoms with Gasteiger partial charge in [0.05, 0.1) is 11.3 Å². The number of aromatic nitrogens is 3. The Morgan fingerprint density at radius 1 is 1.10 bits per heavy atom. The molecule has 4 rings (SSSR count). The summed E-state index contributed by atoms with van der Waals surface area (Å²) in [5.41, 5.74) is 1.98. The van der Waals surface area contributed by atoms with Gasteiger partial charge in [0, 0.05) is 37.8 Å². The number of anilines is 2. The van der Waals surface area contributed by atoms with Crippen LogP contribution in [0, 0.1) is 12.7 Å². The second-order valence-corrected chi connectivity index (χ2v) is 7.21. The first-order chi connectivity index (χ1) is 14.3. The summed E-state index contributed by atoms with van der Waals surface area (Å²) >= 11 is 0. The predicted octanol–water partition coefficient (Wildman–Crippen LogP) is 4.51. The molecule has 3 heterocycles. The third kappa shape index (κ3) is 4.34. The van der Waals surface area contributed by atoms with Crippen LogP contribution in [0.2, 0.25) is 0 Å². The van der Waals surface area contributed by atoms with E-state index in [4.69, 9.17) is 0 Å². The second-order valence-electron chi connectivity index (χ2n) is 7.21. The van der Waals surface area contributed by atoms with Gasteiger partial charge >= 0.3 is 6.18 Å². The summed E-state index contributed by atoms with van der Waals surface area (Å²) in [6, 6.07) is 6.44. The summed E-state index contributed by atoms with van der Waals surface area (Å²) in [5, 5.41) is 3.04. The normalized spacial score (nSPS) is 13.8. The van der Waals surface area contributed by atoms with Crippen molar-refractivity contribution in [3.05, 3.63) is 76.6 Å². The minimum Gasteiger partial charge on any atom is -0.366 e. The van der Waals surface area contributed by atoms with Crippen molar-refractivity contribution in [2.24, 2.45) is 0 Å². The van der Waals surface area contributed by atoms with Crippen LogP contribution < -0.4 is 10.2 Å². The van der Waals surface area contributed by atoms with Gasteiger partial charge in [0.1, 0.15) is 23.8 Å². The van der Waals surface area contributed by atoms with Crippen molar-refractivity contribution in [2.45, 2.75) is 32.6 Å². The SMILES string of the molecule is Cc1ccc(N2CCc3ncnc(NCc4cc(F)cc(C(F)(F)F)c4)c3C2)nc1. The highest BCUT2D eigenvalue weighted by Crippen LogP contribution is 2.31. The van der Waals surface area contributed by atoms with Gasteiger partial charge in [-0.2, -0.15) is 13.2 Å². The fourth-order valence-corrected chi connectivity index (χ4v) is 3.44. The minimum absolute atomic E-state index is 0.00702. The quantitative estimate of drug-likeness (QED) is 0.633. The van der Waals surface area contributed by atoms with E-state index in [1.807, 2.05) is 19.1 Å². The molecule has 9 heteroatoms. The Morgan fingerprint density at radius 2 is 1.93 bits per heavy atom. The number of benzene rings is 1. The Kier molecular flexibility index (Phi) is 5.27. The van der Waals surface area contributed by atoms with E-state index in [0.717, 1.165) is 41.3 Å². The maximum atomic E-state index is 13.7. The maximum Gasteiger partial charge on any atom is 0.416 e. The topological polar surface area (TPSA) is 53.9 Å². The number of halogens is 4. The number of aryl methyl sites for hydroxylation is 1. The van der Waals surface area contributed by atoms with Crippen LogP contribution in [0.3, 0.4) is 0 Å². The lowest BCUT2D eigenvalue weighted by molar-refractivity contribution is -0.137. The first-order valence-corrected chi connectivity index (χ1v) is 9.40. The van der Waals surface area contributed by atoms with Crippen molar-refractivity contribution in [3.8, 4) is 0 Å². The smallest absolute Gasteiger partial charge is 0.366 e. The summed E-state index contributed by atoms with van der Waals surface area (Å²) in [6.07, 6.45) is -0.686. The molecule has 1 aliphatic heterocycles. The van der Waals surface area contributed by atoms with Crippen molar-refractivity contribution in [3.63, 3.8) is 0 Å². The van der Waals surface area contributed by atoms with Crippen molar-refractivity contribution in [1.82, 2.24) is 15.0 Å². The van der Waals surface area contributed by atoms with E-state index in [1.165, 1.54) is 6.33 Å². The van der Waals surface area contributed by atoms with Gasteiger partial charge in [-0.15, -0.1) is 0 Å². The van der Waals surface area contributed by atoms with Crippen molar-refractivity contribution < 1.29 is 17.6 Å². The molecular weight excluding hydrogens is 398 g/mol. The third-order valence-electron chi connectivity index (χ3n) is 4.97. The molecule has 2 aromatic heterocycles. The molecule has 156 valence electrons. The molecule has 0 amide bonds. The summed E-state index contributed by atoms with van der Waals surface area (Å²) in [5.74, 6) is 0.429. The molecular formula is C21H19F4N5. The molecule has 0 saturated heterocycles. The lowest BCUT2D eigenvalue weighted by Crippen LogP contribution is -2.32. The van der Waals surface area contributed by atoms with Crippen LogP contribution in [0.5, 0.6) is 0 Å². The van der Waals surface area contributed by atoms with Crippen LogP contribution in [0.4, 0.5) is 29.2 Å². The number of pyridine rings is 1. The summed E-state index contributed by atoms with van der Waals surface area (Å²) in [7, 11) is 0. The highest BCUT2D eigenvalue weighted by Gasteiger charge is 2.31. The standard InChI is InChI=1S/C21H19F4N5/c1-13-2-3-19(26-9-13)30-5-4-18-17(11-30)20(29-12-28-18)27-10-14-6-15(21(23,24)25)8-16(22)7-14/h2-3,6-9,12H,4-5,10-11H2,1H3,(H,27,28,29). The average molecular weight is 417 g/mol. The highest BCUT2D eigenvalue weighted by atomic mass is 19.4. The first-order valence-electron chi connectivity index (χ1n) is 9.40. The minimum atomic E-state index is -4.60. The van der Waals surface area contributed by atoms with Crippen LogP contribution >= 0.6 is 0 Å². The number of fused-ring (bicyclic) bond motifs is 1. The molecule has 0 unspecified atom stereocenters. The van der Waals surface area contributed by atoms with E-state index in [2.05, 4.69) is 25.2 Å². The second kappa shape index (κ2) is 7.89. The maximum absolute atomic E-state index is 13.7. The van der Waals surface area contributed by atoms with E-state index in [9.17, 15) is 17.6 Å². The molecule has 0 fully saturated rings. The van der Waals surface area contributed by atoms with E-state index < -0.39 is 17.6 Å². The summed E-state index contributed by atoms with van der Waals surface area (Å²) in [6.45, 7) is 3.24. The number of nitrogens with one attached hydrogen (secondary N) is 1. The fraction of sp³-hybridized carbons (Fsp3) is 0.286. The van der Waals surface area contributed by atoms with Crippen molar-refractivity contribution >= 4 is 11.6 Å². The van der Waals surface area contributed by atoms with E-state index in [-0.39, 0.29) is 12.1 Å². The Hall–Kier alpha value is -3.23. The lowest BCUT2D eigenvalue weighted by atomic mass is 10.1. The number of alkyl halides is 3. The Morgan fingerprint density at radius 3 is 2.67 bits per heavy atom. The molecule has 0 spiro atoms. The fourth-order valence-electron chi connectivity index (χ4n) is 3.44. The van der Waals surface area contributed by atoms with E-state index >= 15 is 0 Å². The molecule has 1 aromatic carbocycles. The molecule has 0 saturated carbocycles. The van der Waals surface area contributed by atoms with Gasteiger partial charge < -0.3 is 10.2 Å². The van der Waals surface area contributed by atoms with Crippen LogP contribution in [-0.4, -0.2) is 21.5 Å². The van der Waals surface area contributed by atoms with Gasteiger partial charge in [-0.25, -0.2) is 19.3 Å². The number of nitrogens with zero attached hydrogens (tertiary/aromatic N) is 4. The largest absolute Gasteiger partial charge is 0.416 e. The molecule has 1 aliphatic rings. The number of hydrogen-bond donors (Lipinski definition) is 1. The lowest BCUT2D eigenvalue weighted by Gasteiger charge is -2.30. The van der Waals surface area contributed by atoms with Gasteiger partial charge in [0.25, 0.3) is 0 Å². The molecule has 0 bridgehead atoms. The Bertz CT molecular complexity index is 1050. The third-order valence-corrected chi connectivity index (χ3v) is 4.97. The van der Waals surface area contributed by atoms with Crippen LogP contribution in [0.25, 0.3) is 0 Å². The Balaban J connectivity index is 1.55. The Labute approximate surface area is 170 Å². The first kappa shape index (κ1) is 20.1. The number of rotatable bonds is 4. The molecule has 30 heavy (non-hydrogen) atoms. The van der Waals surface area contributed by atoms with Gasteiger partial charge in [0.2, 0.25) is 0 Å². The highest BCUT2D eigenvalue weighted by molar-refractivity contribution is 5.52. The van der Waals surface area contributed by atoms with E-state index in [0.29, 0.717) is 24.8 Å². The molecule has 3 aromatic rings. The zero-order chi connectivity index (χ0) is 21.3. The number of hydrogen-bond acceptors (Lipinski definition) is 5. The summed E-state index contributed by atoms with van der Waals surface area (Å²) in [4.78, 5) is 15.1. The zero-order valence-electron chi connectivity index (χ0n) is 16.2. The van der Waals surface area contributed by atoms with Crippen LogP contribution in [0.15, 0.2) is 42.9 Å². The molecule has 5 nitrogen and oxygen atoms in total. The predicted molar refractivity (Wildman–Crippen MR) is 104 cm³/mol. The van der Waals surface area contributed by atoms with E-state index in [1.54, 1.807) is 6.20 Å². The summed E-state index contributed by atoms with van der Waals surface area (Å²) < 4.78 is 52.5. The molecule has 0 radical (unpaired) electrons. The van der Waals surface area contributed by atoms with Crippen molar-refractivity contribution in [2.75, 3.05) is 16.8 Å². The molecule has 0 aliphatic carbocycles. The zero-order valence-corrected chi connectivity index (χ0v) is 16.2. The van der Waals surface area contributed by atoms with Crippen LogP contribution in [-0.2, 0) is 25.7 Å². The van der Waals surface area contributed by atoms with Gasteiger partial charge in [0.15, 0.2) is 0 Å². The van der Waals surface area contributed by atoms with Gasteiger partial charge in [-0.1, -0.05) is 6.07 Å². The molecule has 0 atom stereocenters. The average Bonchev–Trinajstić information content (AvgIpc) is 2.71. The monoisotopic (exact) mass is 417 g/mol. The molecule has 1 N–H and O–H groups in total. The van der Waals surface area contributed by atoms with Gasteiger partial charge in [-0.05, 0) is 42.3 Å².